The highest BCUT2D eigenvalue weighted by Gasteiger charge is 2.48. The van der Waals surface area contributed by atoms with E-state index in [1.54, 1.807) is 24.3 Å². The van der Waals surface area contributed by atoms with Crippen LogP contribution >= 0.6 is 0 Å². The largest absolute Gasteiger partial charge is 0.478 e. The van der Waals surface area contributed by atoms with Gasteiger partial charge in [0.05, 0.1) is 17.3 Å². The summed E-state index contributed by atoms with van der Waals surface area (Å²) in [6, 6.07) is 8.76. The second kappa shape index (κ2) is 5.25. The Labute approximate surface area is 124 Å². The van der Waals surface area contributed by atoms with E-state index in [2.05, 4.69) is 20.6 Å². The van der Waals surface area contributed by atoms with Crippen molar-refractivity contribution in [2.24, 2.45) is 5.16 Å². The maximum absolute atomic E-state index is 11.6. The van der Waals surface area contributed by atoms with Crippen LogP contribution in [0.2, 0.25) is 0 Å². The molecule has 1 N–H and O–H groups in total. The number of hydrogen-bond donors (Lipinski definition) is 1. The van der Waals surface area contributed by atoms with Gasteiger partial charge in [0.15, 0.2) is 6.33 Å². The Balaban J connectivity index is 1.86. The van der Waals surface area contributed by atoms with Gasteiger partial charge in [-0.2, -0.15) is 10.1 Å². The molecule has 1 aliphatic heterocycles. The zero-order chi connectivity index (χ0) is 15.6. The molecule has 110 valence electrons. The Morgan fingerprint density at radius 1 is 1.55 bits per heavy atom. The molecule has 1 aromatic heterocycles. The lowest BCUT2D eigenvalue weighted by Gasteiger charge is -2.20. The van der Waals surface area contributed by atoms with Gasteiger partial charge in [-0.25, -0.2) is 4.79 Å². The fraction of sp³-hybridized carbons (Fsp3) is 0.231. The minimum absolute atomic E-state index is 0.0404. The average Bonchev–Trinajstić information content (AvgIpc) is 3.18. The molecule has 0 bridgehead atoms. The molecule has 2 aromatic rings. The summed E-state index contributed by atoms with van der Waals surface area (Å²) in [6.45, 7) is -0.118. The van der Waals surface area contributed by atoms with Gasteiger partial charge in [0.1, 0.15) is 6.54 Å². The third-order valence-electron chi connectivity index (χ3n) is 3.29. The quantitative estimate of drug-likeness (QED) is 0.853. The van der Waals surface area contributed by atoms with E-state index in [0.717, 1.165) is 4.80 Å². The molecule has 22 heavy (non-hydrogen) atoms. The van der Waals surface area contributed by atoms with Crippen LogP contribution in [0.3, 0.4) is 0 Å². The van der Waals surface area contributed by atoms with Crippen LogP contribution in [0, 0.1) is 11.3 Å². The number of hydrogen-bond acceptors (Lipinski definition) is 7. The van der Waals surface area contributed by atoms with E-state index in [0.29, 0.717) is 16.8 Å². The second-order valence-corrected chi connectivity index (χ2v) is 4.76. The fourth-order valence-electron chi connectivity index (χ4n) is 2.16. The number of rotatable bonds is 4. The first-order valence-corrected chi connectivity index (χ1v) is 6.33. The van der Waals surface area contributed by atoms with Crippen LogP contribution in [0.25, 0.3) is 0 Å². The summed E-state index contributed by atoms with van der Waals surface area (Å²) in [5.74, 6) is -1.17. The molecule has 0 radical (unpaired) electrons. The summed E-state index contributed by atoms with van der Waals surface area (Å²) in [5.41, 5.74) is -0.0158. The molecule has 0 saturated heterocycles. The summed E-state index contributed by atoms with van der Waals surface area (Å²) in [4.78, 5) is 17.9. The van der Waals surface area contributed by atoms with E-state index >= 15 is 0 Å². The lowest BCUT2D eigenvalue weighted by atomic mass is 9.93. The summed E-state index contributed by atoms with van der Waals surface area (Å²) in [7, 11) is 0. The maximum Gasteiger partial charge on any atom is 0.353 e. The van der Waals surface area contributed by atoms with Crippen LogP contribution in [0.5, 0.6) is 0 Å². The molecule has 9 heteroatoms. The van der Waals surface area contributed by atoms with Crippen LogP contribution in [-0.2, 0) is 16.2 Å². The SMILES string of the molecule is N#Cc1cccc(C2=NOC(Cn3ncnn3)(C(=O)O)C2)c1. The summed E-state index contributed by atoms with van der Waals surface area (Å²) in [6.07, 6.45) is 1.25. The van der Waals surface area contributed by atoms with Crippen LogP contribution in [0.1, 0.15) is 17.5 Å². The van der Waals surface area contributed by atoms with Crippen molar-refractivity contribution < 1.29 is 14.7 Å². The van der Waals surface area contributed by atoms with Crippen molar-refractivity contribution in [3.05, 3.63) is 41.7 Å². The van der Waals surface area contributed by atoms with E-state index in [-0.39, 0.29) is 13.0 Å². The molecule has 0 fully saturated rings. The van der Waals surface area contributed by atoms with Gasteiger partial charge < -0.3 is 9.94 Å². The van der Waals surface area contributed by atoms with E-state index < -0.39 is 11.6 Å². The van der Waals surface area contributed by atoms with E-state index in [1.807, 2.05) is 6.07 Å². The molecule has 0 spiro atoms. The molecule has 9 nitrogen and oxygen atoms in total. The topological polar surface area (TPSA) is 126 Å². The van der Waals surface area contributed by atoms with Crippen molar-refractivity contribution in [3.8, 4) is 6.07 Å². The monoisotopic (exact) mass is 298 g/mol. The van der Waals surface area contributed by atoms with Crippen molar-refractivity contribution in [1.29, 1.82) is 5.26 Å². The zero-order valence-electron chi connectivity index (χ0n) is 11.2. The standard InChI is InChI=1S/C13H10N6O3/c14-6-9-2-1-3-10(4-9)11-5-13(12(20)21,22-17-11)7-19-16-8-15-18-19/h1-4,8H,5,7H2,(H,20,21). The van der Waals surface area contributed by atoms with Crippen molar-refractivity contribution in [3.63, 3.8) is 0 Å². The number of nitriles is 1. The second-order valence-electron chi connectivity index (χ2n) is 4.76. The Hall–Kier alpha value is -3.28. The van der Waals surface area contributed by atoms with E-state index in [4.69, 9.17) is 10.1 Å². The van der Waals surface area contributed by atoms with Gasteiger partial charge in [0.2, 0.25) is 0 Å². The van der Waals surface area contributed by atoms with Crippen molar-refractivity contribution in [2.75, 3.05) is 0 Å². The van der Waals surface area contributed by atoms with Crippen LogP contribution in [0.4, 0.5) is 0 Å². The van der Waals surface area contributed by atoms with Gasteiger partial charge in [-0.15, -0.1) is 10.2 Å². The normalized spacial score (nSPS) is 20.0. The van der Waals surface area contributed by atoms with Gasteiger partial charge in [0, 0.05) is 12.0 Å². The van der Waals surface area contributed by atoms with Crippen LogP contribution < -0.4 is 0 Å². The predicted octanol–water partition coefficient (Wildman–Crippen LogP) is 0.193. The number of oxime groups is 1. The van der Waals surface area contributed by atoms with Crippen LogP contribution in [-0.4, -0.2) is 42.6 Å². The van der Waals surface area contributed by atoms with Gasteiger partial charge in [-0.05, 0) is 17.3 Å². The first-order valence-electron chi connectivity index (χ1n) is 6.33. The number of aliphatic carboxylic acids is 1. The first kappa shape index (κ1) is 13.7. The van der Waals surface area contributed by atoms with Crippen LogP contribution in [0.15, 0.2) is 35.7 Å². The van der Waals surface area contributed by atoms with E-state index in [1.165, 1.54) is 6.33 Å². The molecule has 3 rings (SSSR count). The number of nitrogens with zero attached hydrogens (tertiary/aromatic N) is 6. The highest BCUT2D eigenvalue weighted by atomic mass is 16.7. The Bertz CT molecular complexity index is 779. The Morgan fingerprint density at radius 3 is 3.09 bits per heavy atom. The summed E-state index contributed by atoms with van der Waals surface area (Å²) < 4.78 is 0. The lowest BCUT2D eigenvalue weighted by Crippen LogP contribution is -2.43. The van der Waals surface area contributed by atoms with E-state index in [9.17, 15) is 9.90 Å². The first-order chi connectivity index (χ1) is 10.6. The molecule has 0 saturated carbocycles. The molecule has 1 atom stereocenters. The van der Waals surface area contributed by atoms with Crippen molar-refractivity contribution >= 4 is 11.7 Å². The molecular formula is C13H10N6O3. The van der Waals surface area contributed by atoms with Gasteiger partial charge in [0.25, 0.3) is 5.60 Å². The highest BCUT2D eigenvalue weighted by molar-refractivity contribution is 6.04. The molecule has 1 unspecified atom stereocenters. The molecule has 2 heterocycles. The lowest BCUT2D eigenvalue weighted by molar-refractivity contribution is -0.165. The summed E-state index contributed by atoms with van der Waals surface area (Å²) in [5, 5.41) is 33.3. The Morgan fingerprint density at radius 2 is 2.41 bits per heavy atom. The number of benzene rings is 1. The Kier molecular flexibility index (Phi) is 3.27. The minimum Gasteiger partial charge on any atom is -0.478 e. The average molecular weight is 298 g/mol. The third kappa shape index (κ3) is 2.37. The summed E-state index contributed by atoms with van der Waals surface area (Å²) >= 11 is 0. The highest BCUT2D eigenvalue weighted by Crippen LogP contribution is 2.29. The number of carboxylic acids is 1. The molecule has 0 amide bonds. The molecular weight excluding hydrogens is 288 g/mol. The third-order valence-corrected chi connectivity index (χ3v) is 3.29. The number of carboxylic acid groups (broad SMARTS) is 1. The molecule has 0 aliphatic carbocycles. The molecule has 1 aliphatic rings. The van der Waals surface area contributed by atoms with Gasteiger partial charge in [-0.3, -0.25) is 0 Å². The molecule has 1 aromatic carbocycles. The fourth-order valence-corrected chi connectivity index (χ4v) is 2.16. The predicted molar refractivity (Wildman–Crippen MR) is 71.6 cm³/mol. The minimum atomic E-state index is -1.58. The number of tetrazole rings is 1. The maximum atomic E-state index is 11.6. The smallest absolute Gasteiger partial charge is 0.353 e. The number of carbonyl (C=O) groups is 1. The van der Waals surface area contributed by atoms with Gasteiger partial charge >= 0.3 is 5.97 Å². The van der Waals surface area contributed by atoms with Gasteiger partial charge in [-0.1, -0.05) is 17.3 Å². The number of aromatic nitrogens is 4. The van der Waals surface area contributed by atoms with Crippen molar-refractivity contribution in [2.45, 2.75) is 18.6 Å². The zero-order valence-corrected chi connectivity index (χ0v) is 11.2. The van der Waals surface area contributed by atoms with Crippen molar-refractivity contribution in [1.82, 2.24) is 20.2 Å².